The Labute approximate surface area is 295 Å². The number of nitrogens with zero attached hydrogens (tertiary/aromatic N) is 1. The quantitative estimate of drug-likeness (QED) is 0.221. The molecule has 3 N–H and O–H groups in total. The molecule has 9 heteroatoms. The van der Waals surface area contributed by atoms with Crippen molar-refractivity contribution in [1.82, 2.24) is 10.2 Å². The number of ether oxygens (including phenoxy) is 4. The first kappa shape index (κ1) is 33.5. The third-order valence-electron chi connectivity index (χ3n) is 12.2. The number of nitrogens with one attached hydrogen (secondary N) is 2. The zero-order chi connectivity index (χ0) is 34.4. The number of anilines is 1. The molecule has 3 aromatic carbocycles. The van der Waals surface area contributed by atoms with Gasteiger partial charge >= 0.3 is 6.03 Å². The average Bonchev–Trinajstić information content (AvgIpc) is 3.11. The van der Waals surface area contributed by atoms with Crippen LogP contribution < -0.4 is 20.1 Å². The van der Waals surface area contributed by atoms with E-state index in [2.05, 4.69) is 46.7 Å². The van der Waals surface area contributed by atoms with Gasteiger partial charge in [-0.05, 0) is 109 Å². The number of hydrogen-bond acceptors (Lipinski definition) is 7. The fourth-order valence-corrected chi connectivity index (χ4v) is 10.1. The highest BCUT2D eigenvalue weighted by Gasteiger charge is 2.51. The van der Waals surface area contributed by atoms with E-state index in [4.69, 9.17) is 18.9 Å². The normalized spacial score (nSPS) is 31.6. The summed E-state index contributed by atoms with van der Waals surface area (Å²) in [4.78, 5) is 15.7. The van der Waals surface area contributed by atoms with E-state index in [1.807, 2.05) is 36.4 Å². The third-order valence-corrected chi connectivity index (χ3v) is 12.2. The Balaban J connectivity index is 0.972. The van der Waals surface area contributed by atoms with Crippen LogP contribution in [0, 0.1) is 23.7 Å². The molecule has 4 atom stereocenters. The summed E-state index contributed by atoms with van der Waals surface area (Å²) in [6.45, 7) is 4.68. The van der Waals surface area contributed by atoms with Crippen molar-refractivity contribution in [1.29, 1.82) is 0 Å². The summed E-state index contributed by atoms with van der Waals surface area (Å²) < 4.78 is 24.7. The molecule has 0 radical (unpaired) electrons. The summed E-state index contributed by atoms with van der Waals surface area (Å²) in [6, 6.07) is 20.0. The molecule has 266 valence electrons. The summed E-state index contributed by atoms with van der Waals surface area (Å²) in [6.07, 6.45) is 7.47. The number of aliphatic hydroxyl groups excluding tert-OH is 1. The zero-order valence-corrected chi connectivity index (χ0v) is 29.5. The Kier molecular flexibility index (Phi) is 9.27. The lowest BCUT2D eigenvalue weighted by Gasteiger charge is -2.56. The lowest BCUT2D eigenvalue weighted by atomic mass is 9.53. The number of benzene rings is 3. The Morgan fingerprint density at radius 2 is 1.50 bits per heavy atom. The second-order valence-corrected chi connectivity index (χ2v) is 15.7. The Morgan fingerprint density at radius 1 is 0.880 bits per heavy atom. The fraction of sp³-hybridized carbons (Fsp3) is 0.537. The van der Waals surface area contributed by atoms with Crippen LogP contribution >= 0.6 is 0 Å². The molecular weight excluding hydrogens is 630 g/mol. The predicted octanol–water partition coefficient (Wildman–Crippen LogP) is 7.14. The van der Waals surface area contributed by atoms with Gasteiger partial charge in [-0.15, -0.1) is 0 Å². The highest BCUT2D eigenvalue weighted by atomic mass is 16.7. The fourth-order valence-electron chi connectivity index (χ4n) is 10.1. The van der Waals surface area contributed by atoms with Gasteiger partial charge in [-0.2, -0.15) is 0 Å². The minimum atomic E-state index is -0.574. The average molecular weight is 682 g/mol. The topological polar surface area (TPSA) is 102 Å². The molecule has 0 aromatic heterocycles. The third kappa shape index (κ3) is 6.73. The standard InChI is InChI=1S/C41H51N3O6/c1-25-37(23-44-13-12-32-17-35(47-2)36(48-3)18-33(32)22-44)49-39(50-38(25)30-6-4-26(24-45)5-7-30)31-8-10-34(11-9-31)42-40(46)43-41-19-27-14-28(20-41)16-29(15-27)21-41/h4-11,17-18,25,27-29,37-39,45H,12-16,19-24H2,1-3H3,(H2,42,43,46). The van der Waals surface area contributed by atoms with Crippen molar-refractivity contribution >= 4 is 11.7 Å². The molecule has 9 rings (SSSR count). The second kappa shape index (κ2) is 13.8. The highest BCUT2D eigenvalue weighted by molar-refractivity contribution is 5.89. The SMILES string of the molecule is COc1cc2c(cc1OC)CN(CC1OC(c3ccc(NC(=O)NC45CC6CC(CC(C6)C4)C5)cc3)OC(c3ccc(CO)cc3)C1C)CC2. The van der Waals surface area contributed by atoms with Crippen molar-refractivity contribution in [3.05, 3.63) is 88.5 Å². The van der Waals surface area contributed by atoms with Crippen LogP contribution in [0.3, 0.4) is 0 Å². The van der Waals surface area contributed by atoms with Gasteiger partial charge < -0.3 is 34.7 Å². The van der Waals surface area contributed by atoms with Crippen LogP contribution in [0.15, 0.2) is 60.7 Å². The summed E-state index contributed by atoms with van der Waals surface area (Å²) >= 11 is 0. The Morgan fingerprint density at radius 3 is 2.12 bits per heavy atom. The Hall–Kier alpha value is -3.63. The van der Waals surface area contributed by atoms with Gasteiger partial charge in [-0.25, -0.2) is 4.79 Å². The lowest BCUT2D eigenvalue weighted by molar-refractivity contribution is -0.276. The van der Waals surface area contributed by atoms with Gasteiger partial charge in [0.05, 0.1) is 33.0 Å². The van der Waals surface area contributed by atoms with E-state index >= 15 is 0 Å². The van der Waals surface area contributed by atoms with E-state index in [1.54, 1.807) is 14.2 Å². The molecular formula is C41H51N3O6. The first-order chi connectivity index (χ1) is 24.3. The van der Waals surface area contributed by atoms with E-state index in [9.17, 15) is 9.90 Å². The number of methoxy groups -OCH3 is 2. The van der Waals surface area contributed by atoms with Crippen LogP contribution in [0.4, 0.5) is 10.5 Å². The monoisotopic (exact) mass is 681 g/mol. The number of urea groups is 1. The maximum Gasteiger partial charge on any atom is 0.319 e. The first-order valence-electron chi connectivity index (χ1n) is 18.5. The predicted molar refractivity (Wildman–Crippen MR) is 191 cm³/mol. The van der Waals surface area contributed by atoms with Crippen molar-refractivity contribution < 1.29 is 28.8 Å². The number of hydrogen-bond donors (Lipinski definition) is 3. The van der Waals surface area contributed by atoms with E-state index in [0.717, 1.165) is 96.9 Å². The van der Waals surface area contributed by atoms with Crippen LogP contribution in [-0.4, -0.2) is 55.0 Å². The molecule has 9 nitrogen and oxygen atoms in total. The van der Waals surface area contributed by atoms with Crippen molar-refractivity contribution in [3.8, 4) is 11.5 Å². The maximum atomic E-state index is 13.2. The summed E-state index contributed by atoms with van der Waals surface area (Å²) in [5.41, 5.74) is 6.10. The molecule has 1 saturated heterocycles. The first-order valence-corrected chi connectivity index (χ1v) is 18.5. The van der Waals surface area contributed by atoms with Crippen molar-refractivity contribution in [2.45, 2.75) is 89.1 Å². The summed E-state index contributed by atoms with van der Waals surface area (Å²) in [5, 5.41) is 16.2. The van der Waals surface area contributed by atoms with Crippen LogP contribution in [0.5, 0.6) is 11.5 Å². The lowest BCUT2D eigenvalue weighted by Crippen LogP contribution is -2.60. The number of fused-ring (bicyclic) bond motifs is 1. The molecule has 3 aromatic rings. The molecule has 0 spiro atoms. The second-order valence-electron chi connectivity index (χ2n) is 15.7. The van der Waals surface area contributed by atoms with E-state index in [-0.39, 0.29) is 36.3 Å². The van der Waals surface area contributed by atoms with Crippen LogP contribution in [0.1, 0.15) is 85.7 Å². The molecule has 6 aliphatic rings. The highest BCUT2D eigenvalue weighted by Crippen LogP contribution is 2.55. The molecule has 4 aliphatic carbocycles. The molecule has 4 unspecified atom stereocenters. The summed E-state index contributed by atoms with van der Waals surface area (Å²) in [5.74, 6) is 3.92. The van der Waals surface area contributed by atoms with Gasteiger partial charge in [0.15, 0.2) is 17.8 Å². The van der Waals surface area contributed by atoms with Gasteiger partial charge in [0.2, 0.25) is 0 Å². The zero-order valence-electron chi connectivity index (χ0n) is 29.5. The minimum absolute atomic E-state index is 0.00373. The number of amides is 2. The number of aliphatic hydroxyl groups is 1. The van der Waals surface area contributed by atoms with Crippen LogP contribution in [0.25, 0.3) is 0 Å². The van der Waals surface area contributed by atoms with E-state index in [0.29, 0.717) is 0 Å². The number of carbonyl (C=O) groups is 1. The number of carbonyl (C=O) groups excluding carboxylic acids is 1. The van der Waals surface area contributed by atoms with E-state index < -0.39 is 6.29 Å². The minimum Gasteiger partial charge on any atom is -0.493 e. The Bertz CT molecular complexity index is 1640. The van der Waals surface area contributed by atoms with Gasteiger partial charge in [0.1, 0.15) is 0 Å². The smallest absolute Gasteiger partial charge is 0.319 e. The van der Waals surface area contributed by atoms with Crippen molar-refractivity contribution in [3.63, 3.8) is 0 Å². The number of rotatable bonds is 9. The van der Waals surface area contributed by atoms with Gasteiger partial charge in [-0.1, -0.05) is 43.3 Å². The molecule has 4 bridgehead atoms. The molecule has 4 saturated carbocycles. The van der Waals surface area contributed by atoms with Crippen LogP contribution in [-0.2, 0) is 29.0 Å². The molecule has 2 amide bonds. The van der Waals surface area contributed by atoms with Crippen molar-refractivity contribution in [2.24, 2.45) is 23.7 Å². The molecule has 5 fully saturated rings. The van der Waals surface area contributed by atoms with Gasteiger partial charge in [-0.3, -0.25) is 4.90 Å². The molecule has 2 aliphatic heterocycles. The largest absolute Gasteiger partial charge is 0.493 e. The van der Waals surface area contributed by atoms with Gasteiger partial charge in [0, 0.05) is 42.3 Å². The van der Waals surface area contributed by atoms with Crippen molar-refractivity contribution in [2.75, 3.05) is 32.6 Å². The van der Waals surface area contributed by atoms with E-state index in [1.165, 1.54) is 30.4 Å². The van der Waals surface area contributed by atoms with Gasteiger partial charge in [0.25, 0.3) is 0 Å². The molecule has 50 heavy (non-hydrogen) atoms. The van der Waals surface area contributed by atoms with Crippen LogP contribution in [0.2, 0.25) is 0 Å². The molecule has 2 heterocycles. The summed E-state index contributed by atoms with van der Waals surface area (Å²) in [7, 11) is 3.36. The maximum absolute atomic E-state index is 13.2.